The maximum absolute atomic E-state index is 12.0. The number of carbonyl (C=O) groups excluding carboxylic acids is 1. The van der Waals surface area contributed by atoms with Gasteiger partial charge in [0.2, 0.25) is 0 Å². The Labute approximate surface area is 108 Å². The number of hydrogen-bond donors (Lipinski definition) is 1. The molecule has 0 spiro atoms. The lowest BCUT2D eigenvalue weighted by Crippen LogP contribution is -2.28. The molecule has 0 aromatic carbocycles. The van der Waals surface area contributed by atoms with Crippen molar-refractivity contribution in [3.05, 3.63) is 29.1 Å². The fourth-order valence-corrected chi connectivity index (χ4v) is 1.67. The number of ether oxygens (including phenoxy) is 1. The number of carbonyl (C=O) groups is 1. The first kappa shape index (κ1) is 14.4. The molecule has 0 unspecified atom stereocenters. The Morgan fingerprint density at radius 2 is 2.17 bits per heavy atom. The lowest BCUT2D eigenvalue weighted by Gasteiger charge is -2.06. The first-order chi connectivity index (χ1) is 8.43. The second-order valence-corrected chi connectivity index (χ2v) is 4.44. The van der Waals surface area contributed by atoms with Gasteiger partial charge < -0.3 is 10.1 Å². The Kier molecular flexibility index (Phi) is 5.09. The number of nitrogens with zero attached hydrogens (tertiary/aromatic N) is 2. The predicted molar refractivity (Wildman–Crippen MR) is 70.6 cm³/mol. The quantitative estimate of drug-likeness (QED) is 0.613. The van der Waals surface area contributed by atoms with Crippen LogP contribution in [-0.4, -0.2) is 35.4 Å². The van der Waals surface area contributed by atoms with E-state index >= 15 is 0 Å². The molecule has 5 nitrogen and oxygen atoms in total. The van der Waals surface area contributed by atoms with Crippen molar-refractivity contribution in [3.63, 3.8) is 0 Å². The van der Waals surface area contributed by atoms with Gasteiger partial charge in [0.25, 0.3) is 5.91 Å². The highest BCUT2D eigenvalue weighted by Crippen LogP contribution is 2.11. The SMILES string of the molecule is C=C(C)COCCNC(=O)c1c(C)nn(C)c1C. The van der Waals surface area contributed by atoms with Crippen LogP contribution in [0, 0.1) is 13.8 Å². The summed E-state index contributed by atoms with van der Waals surface area (Å²) in [5, 5.41) is 7.03. The van der Waals surface area contributed by atoms with E-state index in [4.69, 9.17) is 4.74 Å². The van der Waals surface area contributed by atoms with Gasteiger partial charge in [0.05, 0.1) is 24.5 Å². The summed E-state index contributed by atoms with van der Waals surface area (Å²) in [4.78, 5) is 12.0. The zero-order chi connectivity index (χ0) is 13.7. The topological polar surface area (TPSA) is 56.1 Å². The van der Waals surface area contributed by atoms with E-state index in [1.54, 1.807) is 4.68 Å². The van der Waals surface area contributed by atoms with Crippen LogP contribution in [0.3, 0.4) is 0 Å². The molecule has 100 valence electrons. The van der Waals surface area contributed by atoms with Gasteiger partial charge in [-0.25, -0.2) is 0 Å². The molecule has 0 radical (unpaired) electrons. The van der Waals surface area contributed by atoms with Crippen molar-refractivity contribution in [2.24, 2.45) is 7.05 Å². The minimum absolute atomic E-state index is 0.1000. The molecule has 1 aromatic rings. The zero-order valence-electron chi connectivity index (χ0n) is 11.5. The van der Waals surface area contributed by atoms with E-state index in [-0.39, 0.29) is 5.91 Å². The third kappa shape index (κ3) is 3.70. The summed E-state index contributed by atoms with van der Waals surface area (Å²) in [6.07, 6.45) is 0. The Balaban J connectivity index is 2.44. The molecule has 0 bridgehead atoms. The highest BCUT2D eigenvalue weighted by Gasteiger charge is 2.16. The largest absolute Gasteiger partial charge is 0.375 e. The van der Waals surface area contributed by atoms with Crippen molar-refractivity contribution < 1.29 is 9.53 Å². The Bertz CT molecular complexity index is 449. The number of amides is 1. The van der Waals surface area contributed by atoms with Gasteiger partial charge in [0, 0.05) is 19.3 Å². The van der Waals surface area contributed by atoms with Crippen LogP contribution < -0.4 is 5.32 Å². The smallest absolute Gasteiger partial charge is 0.255 e. The molecular formula is C13H21N3O2. The van der Waals surface area contributed by atoms with Gasteiger partial charge in [0.15, 0.2) is 0 Å². The van der Waals surface area contributed by atoms with Gasteiger partial charge in [-0.1, -0.05) is 12.2 Å². The van der Waals surface area contributed by atoms with Crippen molar-refractivity contribution in [1.82, 2.24) is 15.1 Å². The normalized spacial score (nSPS) is 10.4. The second kappa shape index (κ2) is 6.35. The number of hydrogen-bond acceptors (Lipinski definition) is 3. The first-order valence-corrected chi connectivity index (χ1v) is 5.94. The average molecular weight is 251 g/mol. The summed E-state index contributed by atoms with van der Waals surface area (Å²) >= 11 is 0. The highest BCUT2D eigenvalue weighted by atomic mass is 16.5. The predicted octanol–water partition coefficient (Wildman–Crippen LogP) is 1.36. The Morgan fingerprint density at radius 3 is 2.67 bits per heavy atom. The maximum Gasteiger partial charge on any atom is 0.255 e. The molecule has 1 aromatic heterocycles. The minimum atomic E-state index is -0.1000. The van der Waals surface area contributed by atoms with Gasteiger partial charge in [0.1, 0.15) is 0 Å². The van der Waals surface area contributed by atoms with E-state index < -0.39 is 0 Å². The van der Waals surface area contributed by atoms with E-state index in [0.717, 1.165) is 17.0 Å². The van der Waals surface area contributed by atoms with Crippen molar-refractivity contribution in [2.45, 2.75) is 20.8 Å². The molecule has 1 N–H and O–H groups in total. The van der Waals surface area contributed by atoms with Crippen LogP contribution in [0.15, 0.2) is 12.2 Å². The zero-order valence-corrected chi connectivity index (χ0v) is 11.5. The van der Waals surface area contributed by atoms with Crippen LogP contribution in [-0.2, 0) is 11.8 Å². The number of aromatic nitrogens is 2. The fraction of sp³-hybridized carbons (Fsp3) is 0.538. The number of aryl methyl sites for hydroxylation is 2. The molecule has 0 fully saturated rings. The van der Waals surface area contributed by atoms with E-state index in [9.17, 15) is 4.79 Å². The maximum atomic E-state index is 12.0. The van der Waals surface area contributed by atoms with Crippen molar-refractivity contribution in [2.75, 3.05) is 19.8 Å². The molecule has 0 saturated heterocycles. The Hall–Kier alpha value is -1.62. The summed E-state index contributed by atoms with van der Waals surface area (Å²) in [5.41, 5.74) is 3.24. The molecule has 0 aliphatic carbocycles. The monoisotopic (exact) mass is 251 g/mol. The van der Waals surface area contributed by atoms with Gasteiger partial charge in [-0.3, -0.25) is 9.48 Å². The molecule has 0 saturated carbocycles. The van der Waals surface area contributed by atoms with Crippen molar-refractivity contribution in [1.29, 1.82) is 0 Å². The third-order valence-electron chi connectivity index (χ3n) is 2.62. The van der Waals surface area contributed by atoms with Gasteiger partial charge in [-0.15, -0.1) is 0 Å². The number of nitrogens with one attached hydrogen (secondary N) is 1. The number of rotatable bonds is 6. The summed E-state index contributed by atoms with van der Waals surface area (Å²) < 4.78 is 7.02. The van der Waals surface area contributed by atoms with Crippen molar-refractivity contribution in [3.8, 4) is 0 Å². The van der Waals surface area contributed by atoms with Crippen LogP contribution in [0.25, 0.3) is 0 Å². The van der Waals surface area contributed by atoms with Crippen LogP contribution in [0.2, 0.25) is 0 Å². The van der Waals surface area contributed by atoms with E-state index in [1.807, 2.05) is 27.8 Å². The molecular weight excluding hydrogens is 230 g/mol. The van der Waals surface area contributed by atoms with E-state index in [1.165, 1.54) is 0 Å². The van der Waals surface area contributed by atoms with Gasteiger partial charge in [-0.2, -0.15) is 5.10 Å². The molecule has 0 aliphatic heterocycles. The first-order valence-electron chi connectivity index (χ1n) is 5.94. The molecule has 1 amide bonds. The molecule has 18 heavy (non-hydrogen) atoms. The van der Waals surface area contributed by atoms with E-state index in [0.29, 0.717) is 25.3 Å². The molecule has 0 aliphatic rings. The average Bonchev–Trinajstić information content (AvgIpc) is 2.52. The van der Waals surface area contributed by atoms with Crippen LogP contribution in [0.4, 0.5) is 0 Å². The van der Waals surface area contributed by atoms with Gasteiger partial charge >= 0.3 is 0 Å². The lowest BCUT2D eigenvalue weighted by molar-refractivity contribution is 0.0925. The highest BCUT2D eigenvalue weighted by molar-refractivity contribution is 5.96. The minimum Gasteiger partial charge on any atom is -0.375 e. The van der Waals surface area contributed by atoms with Gasteiger partial charge in [-0.05, 0) is 20.8 Å². The summed E-state index contributed by atoms with van der Waals surface area (Å²) in [5.74, 6) is -0.1000. The fourth-order valence-electron chi connectivity index (χ4n) is 1.67. The van der Waals surface area contributed by atoms with Crippen LogP contribution in [0.5, 0.6) is 0 Å². The Morgan fingerprint density at radius 1 is 1.50 bits per heavy atom. The standard InChI is InChI=1S/C13H21N3O2/c1-9(2)8-18-7-6-14-13(17)12-10(3)15-16(5)11(12)4/h1,6-8H2,2-5H3,(H,14,17). The summed E-state index contributed by atoms with van der Waals surface area (Å²) in [7, 11) is 1.83. The molecule has 1 heterocycles. The second-order valence-electron chi connectivity index (χ2n) is 4.44. The van der Waals surface area contributed by atoms with E-state index in [2.05, 4.69) is 17.0 Å². The summed E-state index contributed by atoms with van der Waals surface area (Å²) in [6, 6.07) is 0. The summed E-state index contributed by atoms with van der Waals surface area (Å²) in [6.45, 7) is 10.9. The van der Waals surface area contributed by atoms with Crippen molar-refractivity contribution >= 4 is 5.91 Å². The van der Waals surface area contributed by atoms with Crippen LogP contribution >= 0.6 is 0 Å². The lowest BCUT2D eigenvalue weighted by atomic mass is 10.2. The third-order valence-corrected chi connectivity index (χ3v) is 2.62. The molecule has 0 atom stereocenters. The van der Waals surface area contributed by atoms with Crippen LogP contribution in [0.1, 0.15) is 28.7 Å². The molecule has 1 rings (SSSR count). The molecule has 5 heteroatoms.